The number of hydrogen-bond acceptors (Lipinski definition) is 5. The molecule has 0 bridgehead atoms. The second-order valence-electron chi connectivity index (χ2n) is 5.88. The number of benzene rings is 2. The van der Waals surface area contributed by atoms with Gasteiger partial charge in [0, 0.05) is 18.7 Å². The largest absolute Gasteiger partial charge is 0.326 e. The molecule has 0 aliphatic carbocycles. The molecule has 0 saturated heterocycles. The summed E-state index contributed by atoms with van der Waals surface area (Å²) in [6.45, 7) is -0.0838. The Balaban J connectivity index is 1.79. The molecule has 3 rings (SSSR count). The first kappa shape index (κ1) is 18.5. The molecule has 10 heteroatoms. The smallest absolute Gasteiger partial charge is 0.240 e. The molecule has 0 aromatic heterocycles. The SMILES string of the molecule is NS(=O)(=O)c1cccc(CNS(=O)(=O)c2ccc3c(c2)CCC(=O)N3)c1. The lowest BCUT2D eigenvalue weighted by atomic mass is 10.0. The number of carbonyl (C=O) groups is 1. The highest BCUT2D eigenvalue weighted by molar-refractivity contribution is 7.89. The fourth-order valence-corrected chi connectivity index (χ4v) is 4.27. The quantitative estimate of drug-likeness (QED) is 0.685. The fourth-order valence-electron chi connectivity index (χ4n) is 2.62. The average molecular weight is 395 g/mol. The van der Waals surface area contributed by atoms with Crippen LogP contribution in [0.25, 0.3) is 0 Å². The van der Waals surface area contributed by atoms with E-state index >= 15 is 0 Å². The normalized spacial score (nSPS) is 14.6. The van der Waals surface area contributed by atoms with Crippen molar-refractivity contribution in [3.05, 3.63) is 53.6 Å². The van der Waals surface area contributed by atoms with E-state index in [0.29, 0.717) is 24.1 Å². The average Bonchev–Trinajstić information content (AvgIpc) is 2.59. The van der Waals surface area contributed by atoms with E-state index in [-0.39, 0.29) is 22.2 Å². The van der Waals surface area contributed by atoms with Gasteiger partial charge < -0.3 is 5.32 Å². The first-order valence-electron chi connectivity index (χ1n) is 7.69. The second kappa shape index (κ2) is 6.80. The van der Waals surface area contributed by atoms with Crippen LogP contribution in [0.1, 0.15) is 17.5 Å². The van der Waals surface area contributed by atoms with Gasteiger partial charge in [-0.3, -0.25) is 4.79 Å². The predicted molar refractivity (Wildman–Crippen MR) is 95.2 cm³/mol. The number of anilines is 1. The molecule has 0 unspecified atom stereocenters. The molecule has 0 radical (unpaired) electrons. The summed E-state index contributed by atoms with van der Waals surface area (Å²) in [6.07, 6.45) is 0.783. The molecule has 8 nitrogen and oxygen atoms in total. The molecule has 0 atom stereocenters. The summed E-state index contributed by atoms with van der Waals surface area (Å²) in [5, 5.41) is 7.77. The van der Waals surface area contributed by atoms with Crippen LogP contribution in [0.3, 0.4) is 0 Å². The lowest BCUT2D eigenvalue weighted by Crippen LogP contribution is -2.24. The monoisotopic (exact) mass is 395 g/mol. The van der Waals surface area contributed by atoms with Gasteiger partial charge in [0.25, 0.3) is 0 Å². The van der Waals surface area contributed by atoms with Crippen molar-refractivity contribution in [1.29, 1.82) is 0 Å². The number of primary sulfonamides is 1. The number of aryl methyl sites for hydroxylation is 1. The van der Waals surface area contributed by atoms with Crippen LogP contribution in [-0.4, -0.2) is 22.7 Å². The van der Waals surface area contributed by atoms with Gasteiger partial charge in [-0.25, -0.2) is 26.7 Å². The van der Waals surface area contributed by atoms with Gasteiger partial charge in [-0.2, -0.15) is 0 Å². The molecule has 2 aromatic carbocycles. The molecular weight excluding hydrogens is 378 g/mol. The molecule has 0 saturated carbocycles. The van der Waals surface area contributed by atoms with E-state index in [1.54, 1.807) is 12.1 Å². The molecule has 138 valence electrons. The molecule has 1 heterocycles. The number of fused-ring (bicyclic) bond motifs is 1. The van der Waals surface area contributed by atoms with Gasteiger partial charge in [-0.15, -0.1) is 0 Å². The predicted octanol–water partition coefficient (Wildman–Crippen LogP) is 0.697. The highest BCUT2D eigenvalue weighted by Gasteiger charge is 2.20. The third kappa shape index (κ3) is 4.10. The Labute approximate surface area is 151 Å². The van der Waals surface area contributed by atoms with Crippen LogP contribution in [0.4, 0.5) is 5.69 Å². The lowest BCUT2D eigenvalue weighted by Gasteiger charge is -2.17. The van der Waals surface area contributed by atoms with E-state index in [0.717, 1.165) is 5.56 Å². The van der Waals surface area contributed by atoms with Crippen LogP contribution in [0.5, 0.6) is 0 Å². The second-order valence-corrected chi connectivity index (χ2v) is 9.21. The van der Waals surface area contributed by atoms with E-state index in [2.05, 4.69) is 10.0 Å². The summed E-state index contributed by atoms with van der Waals surface area (Å²) in [7, 11) is -7.65. The van der Waals surface area contributed by atoms with E-state index in [1.165, 1.54) is 30.3 Å². The number of hydrogen-bond donors (Lipinski definition) is 3. The first-order valence-corrected chi connectivity index (χ1v) is 10.7. The van der Waals surface area contributed by atoms with E-state index in [1.807, 2.05) is 0 Å². The van der Waals surface area contributed by atoms with Gasteiger partial charge >= 0.3 is 0 Å². The fraction of sp³-hybridized carbons (Fsp3) is 0.188. The van der Waals surface area contributed by atoms with Gasteiger partial charge in [0.2, 0.25) is 26.0 Å². The Morgan fingerprint density at radius 3 is 2.50 bits per heavy atom. The van der Waals surface area contributed by atoms with Gasteiger partial charge in [0.15, 0.2) is 0 Å². The van der Waals surface area contributed by atoms with Crippen molar-refractivity contribution in [2.24, 2.45) is 5.14 Å². The summed E-state index contributed by atoms with van der Waals surface area (Å²) in [5.41, 5.74) is 1.83. The summed E-state index contributed by atoms with van der Waals surface area (Å²) in [6, 6.07) is 10.2. The molecular formula is C16H17N3O5S2. The third-order valence-corrected chi connectivity index (χ3v) is 6.29. The zero-order chi connectivity index (χ0) is 18.9. The van der Waals surface area contributed by atoms with Crippen LogP contribution in [-0.2, 0) is 37.8 Å². The Kier molecular flexibility index (Phi) is 4.84. The van der Waals surface area contributed by atoms with Gasteiger partial charge in [-0.1, -0.05) is 12.1 Å². The van der Waals surface area contributed by atoms with Crippen molar-refractivity contribution in [2.75, 3.05) is 5.32 Å². The molecule has 1 aliphatic heterocycles. The first-order chi connectivity index (χ1) is 12.1. The Hall–Kier alpha value is -2.27. The highest BCUT2D eigenvalue weighted by atomic mass is 32.2. The standard InChI is InChI=1S/C16H17N3O5S2/c17-25(21,22)13-3-1-2-11(8-13)10-18-26(23,24)14-5-6-15-12(9-14)4-7-16(20)19-15/h1-3,5-6,8-9,18H,4,7,10H2,(H,19,20)(H2,17,21,22). The summed E-state index contributed by atoms with van der Waals surface area (Å²) in [5.74, 6) is -0.0963. The van der Waals surface area contributed by atoms with Crippen molar-refractivity contribution in [3.63, 3.8) is 0 Å². The molecule has 4 N–H and O–H groups in total. The van der Waals surface area contributed by atoms with Crippen LogP contribution < -0.4 is 15.2 Å². The van der Waals surface area contributed by atoms with E-state index in [9.17, 15) is 21.6 Å². The van der Waals surface area contributed by atoms with Crippen LogP contribution in [0.2, 0.25) is 0 Å². The van der Waals surface area contributed by atoms with E-state index < -0.39 is 20.0 Å². The van der Waals surface area contributed by atoms with Crippen molar-refractivity contribution in [1.82, 2.24) is 4.72 Å². The molecule has 1 aliphatic rings. The minimum Gasteiger partial charge on any atom is -0.326 e. The van der Waals surface area contributed by atoms with Crippen molar-refractivity contribution in [2.45, 2.75) is 29.2 Å². The summed E-state index contributed by atoms with van der Waals surface area (Å²) < 4.78 is 50.2. The minimum absolute atomic E-state index is 0.0787. The lowest BCUT2D eigenvalue weighted by molar-refractivity contribution is -0.116. The molecule has 1 amide bonds. The van der Waals surface area contributed by atoms with Gasteiger partial charge in [-0.05, 0) is 47.9 Å². The third-order valence-electron chi connectivity index (χ3n) is 3.98. The number of carbonyl (C=O) groups excluding carboxylic acids is 1. The number of rotatable bonds is 5. The number of nitrogens with one attached hydrogen (secondary N) is 2. The van der Waals surface area contributed by atoms with Crippen molar-refractivity contribution >= 4 is 31.6 Å². The Morgan fingerprint density at radius 1 is 1.00 bits per heavy atom. The molecule has 2 aromatic rings. The maximum atomic E-state index is 12.5. The molecule has 0 fully saturated rings. The number of amides is 1. The van der Waals surface area contributed by atoms with Crippen LogP contribution in [0, 0.1) is 0 Å². The topological polar surface area (TPSA) is 135 Å². The van der Waals surface area contributed by atoms with Gasteiger partial charge in [0.05, 0.1) is 9.79 Å². The maximum Gasteiger partial charge on any atom is 0.240 e. The zero-order valence-electron chi connectivity index (χ0n) is 13.6. The van der Waals surface area contributed by atoms with Crippen LogP contribution in [0.15, 0.2) is 52.3 Å². The van der Waals surface area contributed by atoms with Gasteiger partial charge in [0.1, 0.15) is 0 Å². The summed E-state index contributed by atoms with van der Waals surface area (Å²) in [4.78, 5) is 11.4. The maximum absolute atomic E-state index is 12.5. The molecule has 26 heavy (non-hydrogen) atoms. The van der Waals surface area contributed by atoms with Crippen molar-refractivity contribution in [3.8, 4) is 0 Å². The zero-order valence-corrected chi connectivity index (χ0v) is 15.2. The number of nitrogens with two attached hydrogens (primary N) is 1. The Bertz CT molecular complexity index is 1080. The molecule has 0 spiro atoms. The van der Waals surface area contributed by atoms with Crippen molar-refractivity contribution < 1.29 is 21.6 Å². The van der Waals surface area contributed by atoms with E-state index in [4.69, 9.17) is 5.14 Å². The highest BCUT2D eigenvalue weighted by Crippen LogP contribution is 2.25. The minimum atomic E-state index is -3.86. The summed E-state index contributed by atoms with van der Waals surface area (Å²) >= 11 is 0. The Morgan fingerprint density at radius 2 is 1.77 bits per heavy atom. The van der Waals surface area contributed by atoms with Crippen LogP contribution >= 0.6 is 0 Å². The number of sulfonamides is 2.